The quantitative estimate of drug-likeness (QED) is 0.347. The number of esters is 1. The number of ketones is 1. The van der Waals surface area contributed by atoms with Gasteiger partial charge in [0.25, 0.3) is 0 Å². The van der Waals surface area contributed by atoms with E-state index in [1.54, 1.807) is 65.8 Å². The number of methoxy groups -OCH3 is 1. The summed E-state index contributed by atoms with van der Waals surface area (Å²) < 4.78 is 44.2. The standard InChI is InChI=1S/C29H36FN3O5S/c1-27(2,3)38-26(35)16-24-28(4,5)39(36)25(12-13-32-39)29(6,33-24)20-14-18(8-10-21(20)30)15-23(34)22-11-9-19(37-7)17-31-22/h8-11,14,17,25H,12-13,15-16H2,1-7H3/t25-,29+,39+/m0/s1. The van der Waals surface area contributed by atoms with Gasteiger partial charge in [-0.3, -0.25) is 14.6 Å². The molecule has 0 amide bonds. The van der Waals surface area contributed by atoms with Gasteiger partial charge in [0, 0.05) is 24.2 Å². The maximum Gasteiger partial charge on any atom is 0.312 e. The number of aromatic nitrogens is 1. The van der Waals surface area contributed by atoms with E-state index in [-0.39, 0.29) is 29.9 Å². The van der Waals surface area contributed by atoms with Gasteiger partial charge >= 0.3 is 5.97 Å². The fourth-order valence-corrected chi connectivity index (χ4v) is 8.61. The number of hydrogen-bond donors (Lipinski definition) is 0. The van der Waals surface area contributed by atoms with Crippen LogP contribution in [0.1, 0.15) is 76.0 Å². The topological polar surface area (TPSA) is 107 Å². The van der Waals surface area contributed by atoms with Crippen LogP contribution in [0.2, 0.25) is 0 Å². The van der Waals surface area contributed by atoms with Crippen molar-refractivity contribution < 1.29 is 27.7 Å². The number of hydrogen-bond acceptors (Lipinski definition) is 8. The van der Waals surface area contributed by atoms with Gasteiger partial charge in [-0.05, 0) is 77.8 Å². The zero-order valence-corrected chi connectivity index (χ0v) is 24.4. The van der Waals surface area contributed by atoms with Crippen molar-refractivity contribution in [3.05, 3.63) is 59.2 Å². The van der Waals surface area contributed by atoms with Crippen molar-refractivity contribution in [3.8, 4) is 5.75 Å². The van der Waals surface area contributed by atoms with Gasteiger partial charge in [-0.25, -0.2) is 17.9 Å². The van der Waals surface area contributed by atoms with E-state index < -0.39 is 42.7 Å². The van der Waals surface area contributed by atoms with E-state index in [0.29, 0.717) is 30.0 Å². The first-order valence-electron chi connectivity index (χ1n) is 13.0. The van der Waals surface area contributed by atoms with Gasteiger partial charge in [-0.15, -0.1) is 0 Å². The van der Waals surface area contributed by atoms with E-state index >= 15 is 4.39 Å². The largest absolute Gasteiger partial charge is 0.495 e. The van der Waals surface area contributed by atoms with Gasteiger partial charge in [0.2, 0.25) is 0 Å². The van der Waals surface area contributed by atoms with Crippen LogP contribution in [0.25, 0.3) is 0 Å². The summed E-state index contributed by atoms with van der Waals surface area (Å²) in [5.41, 5.74) is -0.524. The number of aliphatic imine (C=N–C) groups is 1. The minimum atomic E-state index is -2.94. The summed E-state index contributed by atoms with van der Waals surface area (Å²) in [7, 11) is -1.42. The third-order valence-corrected chi connectivity index (χ3v) is 11.1. The lowest BCUT2D eigenvalue weighted by Gasteiger charge is -2.46. The van der Waals surface area contributed by atoms with Crippen molar-refractivity contribution in [2.24, 2.45) is 9.36 Å². The van der Waals surface area contributed by atoms with Crippen LogP contribution in [-0.2, 0) is 31.2 Å². The number of carbonyl (C=O) groups is 2. The predicted molar refractivity (Wildman–Crippen MR) is 148 cm³/mol. The zero-order valence-electron chi connectivity index (χ0n) is 23.5. The SMILES string of the molecule is COc1ccc(C(=O)Cc2ccc(F)c([C@@]3(C)N=C(CC(=O)OC(C)(C)C)C(C)(C)[S@@]4(=O)=NCC[C@@H]34)c2)nc1. The first kappa shape index (κ1) is 28.9. The van der Waals surface area contributed by atoms with Crippen molar-refractivity contribution in [2.75, 3.05) is 13.7 Å². The Labute approximate surface area is 229 Å². The maximum absolute atomic E-state index is 15.5. The summed E-state index contributed by atoms with van der Waals surface area (Å²) in [4.78, 5) is 34.9. The van der Waals surface area contributed by atoms with Crippen LogP contribution in [0.3, 0.4) is 0 Å². The molecule has 2 aliphatic rings. The molecule has 10 heteroatoms. The fraction of sp³-hybridized carbons (Fsp3) is 0.517. The molecule has 8 nitrogen and oxygen atoms in total. The highest BCUT2D eigenvalue weighted by atomic mass is 32.2. The fourth-order valence-electron chi connectivity index (χ4n) is 5.33. The van der Waals surface area contributed by atoms with Gasteiger partial charge in [0.05, 0.1) is 39.5 Å². The molecule has 0 N–H and O–H groups in total. The Morgan fingerprint density at radius 1 is 1.13 bits per heavy atom. The van der Waals surface area contributed by atoms with Gasteiger partial charge in [0.1, 0.15) is 28.4 Å². The summed E-state index contributed by atoms with van der Waals surface area (Å²) in [6.07, 6.45) is 1.75. The molecule has 3 heterocycles. The van der Waals surface area contributed by atoms with Crippen molar-refractivity contribution in [3.63, 3.8) is 0 Å². The van der Waals surface area contributed by atoms with Crippen molar-refractivity contribution in [1.82, 2.24) is 4.98 Å². The van der Waals surface area contributed by atoms with Gasteiger partial charge in [0.15, 0.2) is 5.78 Å². The predicted octanol–water partition coefficient (Wildman–Crippen LogP) is 5.08. The van der Waals surface area contributed by atoms with Crippen LogP contribution >= 0.6 is 0 Å². The molecule has 2 aliphatic heterocycles. The summed E-state index contributed by atoms with van der Waals surface area (Å²) in [5.74, 6) is -0.721. The number of rotatable bonds is 7. The number of pyridine rings is 1. The molecule has 0 radical (unpaired) electrons. The molecule has 3 atom stereocenters. The van der Waals surface area contributed by atoms with Crippen LogP contribution < -0.4 is 4.74 Å². The molecule has 210 valence electrons. The van der Waals surface area contributed by atoms with E-state index in [4.69, 9.17) is 14.5 Å². The molecular formula is C29H36FN3O5S. The van der Waals surface area contributed by atoms with Crippen LogP contribution in [0, 0.1) is 5.82 Å². The van der Waals surface area contributed by atoms with Crippen LogP contribution in [0.15, 0.2) is 45.9 Å². The third-order valence-electron chi connectivity index (χ3n) is 7.41. The summed E-state index contributed by atoms with van der Waals surface area (Å²) in [6, 6.07) is 7.71. The van der Waals surface area contributed by atoms with Crippen LogP contribution in [0.4, 0.5) is 4.39 Å². The molecule has 2 aromatic rings. The smallest absolute Gasteiger partial charge is 0.312 e. The van der Waals surface area contributed by atoms with Crippen LogP contribution in [-0.4, -0.2) is 55.9 Å². The average molecular weight is 558 g/mol. The van der Waals surface area contributed by atoms with E-state index in [1.807, 2.05) is 0 Å². The molecule has 0 fully saturated rings. The Bertz CT molecular complexity index is 1450. The lowest BCUT2D eigenvalue weighted by atomic mass is 9.84. The number of benzene rings is 1. The number of nitrogens with zero attached hydrogens (tertiary/aromatic N) is 3. The molecule has 0 unspecified atom stereocenters. The summed E-state index contributed by atoms with van der Waals surface area (Å²) in [6.45, 7) is 11.0. The molecule has 0 spiro atoms. The van der Waals surface area contributed by atoms with E-state index in [9.17, 15) is 13.8 Å². The molecule has 1 aromatic carbocycles. The molecular weight excluding hydrogens is 521 g/mol. The Kier molecular flexibility index (Phi) is 7.48. The number of ether oxygens (including phenoxy) is 2. The van der Waals surface area contributed by atoms with Gasteiger partial charge < -0.3 is 9.47 Å². The van der Waals surface area contributed by atoms with Crippen molar-refractivity contribution in [2.45, 2.75) is 81.9 Å². The Morgan fingerprint density at radius 2 is 1.85 bits per heavy atom. The van der Waals surface area contributed by atoms with Crippen molar-refractivity contribution in [1.29, 1.82) is 0 Å². The second-order valence-corrected chi connectivity index (χ2v) is 14.7. The molecule has 0 saturated carbocycles. The Balaban J connectivity index is 1.76. The number of Topliss-reactive ketones (excluding diaryl/α,β-unsaturated/α-hetero) is 1. The molecule has 0 bridgehead atoms. The first-order chi connectivity index (χ1) is 18.1. The van der Waals surface area contributed by atoms with E-state index in [0.717, 1.165) is 0 Å². The second kappa shape index (κ2) is 10.1. The molecule has 4 rings (SSSR count). The van der Waals surface area contributed by atoms with Gasteiger partial charge in [-0.2, -0.15) is 0 Å². The van der Waals surface area contributed by atoms with Crippen molar-refractivity contribution >= 4 is 27.2 Å². The highest BCUT2D eigenvalue weighted by Gasteiger charge is 2.57. The van der Waals surface area contributed by atoms with Gasteiger partial charge in [-0.1, -0.05) is 6.07 Å². The van der Waals surface area contributed by atoms with E-state index in [1.165, 1.54) is 19.4 Å². The van der Waals surface area contributed by atoms with E-state index in [2.05, 4.69) is 9.35 Å². The Hall–Kier alpha value is -3.14. The minimum Gasteiger partial charge on any atom is -0.495 e. The lowest BCUT2D eigenvalue weighted by Crippen LogP contribution is -2.56. The molecule has 0 aliphatic carbocycles. The molecule has 39 heavy (non-hydrogen) atoms. The number of carbonyl (C=O) groups excluding carboxylic acids is 2. The summed E-state index contributed by atoms with van der Waals surface area (Å²) in [5, 5.41) is -0.564. The average Bonchev–Trinajstić information content (AvgIpc) is 3.27. The number of halogens is 1. The minimum absolute atomic E-state index is 0.00687. The second-order valence-electron chi connectivity index (χ2n) is 11.7. The Morgan fingerprint density at radius 3 is 2.46 bits per heavy atom. The highest BCUT2D eigenvalue weighted by molar-refractivity contribution is 7.96. The lowest BCUT2D eigenvalue weighted by molar-refractivity contribution is -0.153. The normalized spacial score (nSPS) is 25.7. The number of fused-ring (bicyclic) bond motifs is 1. The first-order valence-corrected chi connectivity index (χ1v) is 14.5. The molecule has 1 aromatic heterocycles. The van der Waals surface area contributed by atoms with Crippen LogP contribution in [0.5, 0.6) is 5.75 Å². The summed E-state index contributed by atoms with van der Waals surface area (Å²) >= 11 is 0. The monoisotopic (exact) mass is 557 g/mol. The molecule has 0 saturated heterocycles. The highest BCUT2D eigenvalue weighted by Crippen LogP contribution is 2.49. The maximum atomic E-state index is 15.5. The zero-order chi connectivity index (χ0) is 28.8. The third kappa shape index (κ3) is 5.35.